The highest BCUT2D eigenvalue weighted by Crippen LogP contribution is 2.27. The number of hydrogen-bond donors (Lipinski definition) is 1. The van der Waals surface area contributed by atoms with Crippen molar-refractivity contribution in [3.05, 3.63) is 111 Å². The van der Waals surface area contributed by atoms with Crippen molar-refractivity contribution in [3.63, 3.8) is 0 Å². The molecule has 0 aliphatic carbocycles. The number of ether oxygens (including phenoxy) is 1. The molecule has 0 saturated carbocycles. The van der Waals surface area contributed by atoms with E-state index in [4.69, 9.17) is 13.7 Å². The highest BCUT2D eigenvalue weighted by Gasteiger charge is 2.16. The molecule has 35 heavy (non-hydrogen) atoms. The SMILES string of the molecule is O=C(Nc1ccc(Oc2ccc3ccc(=O)oc3c2)cc1)c1cc(-c2cccc([N+](=O)[O-])c2)on1. The molecule has 1 amide bonds. The molecule has 10 heteroatoms. The fourth-order valence-electron chi connectivity index (χ4n) is 3.33. The molecule has 172 valence electrons. The van der Waals surface area contributed by atoms with Crippen LogP contribution in [0, 0.1) is 10.1 Å². The predicted octanol–water partition coefficient (Wildman–Crippen LogP) is 5.40. The Morgan fingerprint density at radius 1 is 0.943 bits per heavy atom. The van der Waals surface area contributed by atoms with Crippen LogP contribution >= 0.6 is 0 Å². The second kappa shape index (κ2) is 8.94. The summed E-state index contributed by atoms with van der Waals surface area (Å²) in [5.74, 6) is 0.715. The number of rotatable bonds is 6. The number of fused-ring (bicyclic) bond motifs is 1. The molecular weight excluding hydrogens is 454 g/mol. The van der Waals surface area contributed by atoms with Gasteiger partial charge in [-0.2, -0.15) is 0 Å². The third kappa shape index (κ3) is 4.76. The molecule has 5 rings (SSSR count). The van der Waals surface area contributed by atoms with Crippen LogP contribution in [0.1, 0.15) is 10.5 Å². The fourth-order valence-corrected chi connectivity index (χ4v) is 3.33. The van der Waals surface area contributed by atoms with Crippen molar-refractivity contribution in [2.75, 3.05) is 5.32 Å². The van der Waals surface area contributed by atoms with Gasteiger partial charge in [0, 0.05) is 47.0 Å². The average Bonchev–Trinajstić information content (AvgIpc) is 3.36. The molecule has 3 aromatic carbocycles. The van der Waals surface area contributed by atoms with E-state index in [1.807, 2.05) is 0 Å². The smallest absolute Gasteiger partial charge is 0.336 e. The van der Waals surface area contributed by atoms with E-state index in [9.17, 15) is 19.7 Å². The molecule has 2 aromatic heterocycles. The summed E-state index contributed by atoms with van der Waals surface area (Å²) in [7, 11) is 0. The third-order valence-corrected chi connectivity index (χ3v) is 5.03. The van der Waals surface area contributed by atoms with Gasteiger partial charge in [0.05, 0.1) is 4.92 Å². The summed E-state index contributed by atoms with van der Waals surface area (Å²) in [5.41, 5.74) is 0.812. The van der Waals surface area contributed by atoms with Gasteiger partial charge in [-0.3, -0.25) is 14.9 Å². The predicted molar refractivity (Wildman–Crippen MR) is 126 cm³/mol. The molecule has 0 radical (unpaired) electrons. The number of non-ortho nitro benzene ring substituents is 1. The largest absolute Gasteiger partial charge is 0.457 e. The van der Waals surface area contributed by atoms with Gasteiger partial charge in [-0.15, -0.1) is 0 Å². The maximum absolute atomic E-state index is 12.6. The number of nitro groups is 1. The van der Waals surface area contributed by atoms with Crippen LogP contribution in [0.4, 0.5) is 11.4 Å². The lowest BCUT2D eigenvalue weighted by atomic mass is 10.1. The van der Waals surface area contributed by atoms with Crippen molar-refractivity contribution >= 4 is 28.3 Å². The molecule has 0 fully saturated rings. The number of benzene rings is 3. The lowest BCUT2D eigenvalue weighted by Gasteiger charge is -2.08. The molecule has 0 spiro atoms. The Labute approximate surface area is 196 Å². The van der Waals surface area contributed by atoms with E-state index in [-0.39, 0.29) is 17.1 Å². The van der Waals surface area contributed by atoms with E-state index in [1.165, 1.54) is 30.3 Å². The first-order valence-corrected chi connectivity index (χ1v) is 10.3. The van der Waals surface area contributed by atoms with Gasteiger partial charge in [0.2, 0.25) is 0 Å². The van der Waals surface area contributed by atoms with Crippen LogP contribution in [-0.2, 0) is 0 Å². The Kier molecular flexibility index (Phi) is 5.52. The number of nitrogens with zero attached hydrogens (tertiary/aromatic N) is 2. The highest BCUT2D eigenvalue weighted by atomic mass is 16.6. The van der Waals surface area contributed by atoms with Gasteiger partial charge in [-0.1, -0.05) is 17.3 Å². The molecule has 1 N–H and O–H groups in total. The Morgan fingerprint density at radius 2 is 1.71 bits per heavy atom. The van der Waals surface area contributed by atoms with Crippen molar-refractivity contribution in [1.82, 2.24) is 5.16 Å². The first-order valence-electron chi connectivity index (χ1n) is 10.3. The summed E-state index contributed by atoms with van der Waals surface area (Å²) in [6.45, 7) is 0. The number of nitrogens with one attached hydrogen (secondary N) is 1. The van der Waals surface area contributed by atoms with Gasteiger partial charge in [0.1, 0.15) is 17.1 Å². The van der Waals surface area contributed by atoms with Crippen LogP contribution in [0.5, 0.6) is 11.5 Å². The maximum Gasteiger partial charge on any atom is 0.336 e. The van der Waals surface area contributed by atoms with Crippen LogP contribution in [0.15, 0.2) is 98.7 Å². The Hall–Kier alpha value is -5.25. The molecule has 0 unspecified atom stereocenters. The van der Waals surface area contributed by atoms with Gasteiger partial charge >= 0.3 is 5.63 Å². The number of hydrogen-bond acceptors (Lipinski definition) is 8. The van der Waals surface area contributed by atoms with Crippen molar-refractivity contribution in [2.24, 2.45) is 0 Å². The first-order chi connectivity index (χ1) is 16.9. The lowest BCUT2D eigenvalue weighted by Crippen LogP contribution is -2.11. The van der Waals surface area contributed by atoms with Gasteiger partial charge in [-0.25, -0.2) is 4.79 Å². The maximum atomic E-state index is 12.6. The summed E-state index contributed by atoms with van der Waals surface area (Å²) in [6.07, 6.45) is 0. The summed E-state index contributed by atoms with van der Waals surface area (Å²) in [4.78, 5) is 34.4. The molecule has 0 aliphatic heterocycles. The van der Waals surface area contributed by atoms with E-state index < -0.39 is 16.5 Å². The molecule has 5 aromatic rings. The molecule has 10 nitrogen and oxygen atoms in total. The molecule has 0 saturated heterocycles. The van der Waals surface area contributed by atoms with Crippen LogP contribution in [0.3, 0.4) is 0 Å². The molecule has 0 aliphatic rings. The zero-order chi connectivity index (χ0) is 24.4. The average molecular weight is 469 g/mol. The van der Waals surface area contributed by atoms with Gasteiger partial charge in [-0.05, 0) is 42.5 Å². The standard InChI is InChI=1S/C25H15N3O7/c29-24-11-5-15-4-8-20(13-22(15)34-24)33-19-9-6-17(7-10-19)26-25(30)21-14-23(35-27-21)16-2-1-3-18(12-16)28(31)32/h1-14H,(H,26,30). The van der Waals surface area contributed by atoms with Crippen molar-refractivity contribution in [2.45, 2.75) is 0 Å². The van der Waals surface area contributed by atoms with Gasteiger partial charge < -0.3 is 19.0 Å². The van der Waals surface area contributed by atoms with Crippen LogP contribution in [0.25, 0.3) is 22.3 Å². The zero-order valence-corrected chi connectivity index (χ0v) is 17.8. The summed E-state index contributed by atoms with van der Waals surface area (Å²) in [6, 6.07) is 22.0. The number of carbonyl (C=O) groups is 1. The van der Waals surface area contributed by atoms with E-state index in [1.54, 1.807) is 54.6 Å². The number of nitro benzene ring substituents is 1. The number of aromatic nitrogens is 1. The fraction of sp³-hybridized carbons (Fsp3) is 0. The highest BCUT2D eigenvalue weighted by molar-refractivity contribution is 6.03. The topological polar surface area (TPSA) is 138 Å². The van der Waals surface area contributed by atoms with Crippen molar-refractivity contribution in [1.29, 1.82) is 0 Å². The number of anilines is 1. The minimum Gasteiger partial charge on any atom is -0.457 e. The molecule has 2 heterocycles. The Morgan fingerprint density at radius 3 is 2.51 bits per heavy atom. The summed E-state index contributed by atoms with van der Waals surface area (Å²) < 4.78 is 16.2. The van der Waals surface area contributed by atoms with Gasteiger partial charge in [0.15, 0.2) is 11.5 Å². The van der Waals surface area contributed by atoms with E-state index in [0.29, 0.717) is 28.3 Å². The molecular formula is C25H15N3O7. The monoisotopic (exact) mass is 469 g/mol. The van der Waals surface area contributed by atoms with Crippen molar-refractivity contribution < 1.29 is 23.4 Å². The summed E-state index contributed by atoms with van der Waals surface area (Å²) in [5, 5.41) is 18.2. The van der Waals surface area contributed by atoms with Crippen LogP contribution < -0.4 is 15.7 Å². The van der Waals surface area contributed by atoms with Gasteiger partial charge in [0.25, 0.3) is 11.6 Å². The first kappa shape index (κ1) is 21.6. The Balaban J connectivity index is 1.26. The third-order valence-electron chi connectivity index (χ3n) is 5.03. The second-order valence-electron chi connectivity index (χ2n) is 7.42. The lowest BCUT2D eigenvalue weighted by molar-refractivity contribution is -0.384. The van der Waals surface area contributed by atoms with E-state index in [2.05, 4.69) is 10.5 Å². The number of carbonyl (C=O) groups excluding carboxylic acids is 1. The molecule has 0 bridgehead atoms. The zero-order valence-electron chi connectivity index (χ0n) is 17.8. The second-order valence-corrected chi connectivity index (χ2v) is 7.42. The quantitative estimate of drug-likeness (QED) is 0.198. The van der Waals surface area contributed by atoms with Crippen LogP contribution in [0.2, 0.25) is 0 Å². The molecule has 0 atom stereocenters. The van der Waals surface area contributed by atoms with E-state index in [0.717, 1.165) is 5.39 Å². The van der Waals surface area contributed by atoms with Crippen LogP contribution in [-0.4, -0.2) is 16.0 Å². The summed E-state index contributed by atoms with van der Waals surface area (Å²) >= 11 is 0. The minimum absolute atomic E-state index is 0.0180. The minimum atomic E-state index is -0.515. The normalized spacial score (nSPS) is 10.7. The number of amides is 1. The van der Waals surface area contributed by atoms with E-state index >= 15 is 0 Å². The van der Waals surface area contributed by atoms with Crippen molar-refractivity contribution in [3.8, 4) is 22.8 Å². The Bertz CT molecular complexity index is 1620.